The van der Waals surface area contributed by atoms with Crippen molar-refractivity contribution in [3.8, 4) is 0 Å². The SMILES string of the molecule is CN(C)Cc1cc(S(=O)(=O)Cl)ccc1F. The van der Waals surface area contributed by atoms with Gasteiger partial charge in [0.05, 0.1) is 4.90 Å². The van der Waals surface area contributed by atoms with E-state index >= 15 is 0 Å². The van der Waals surface area contributed by atoms with Crippen LogP contribution in [-0.4, -0.2) is 27.4 Å². The van der Waals surface area contributed by atoms with Crippen molar-refractivity contribution in [2.45, 2.75) is 11.4 Å². The molecule has 1 rings (SSSR count). The largest absolute Gasteiger partial charge is 0.305 e. The molecule has 0 radical (unpaired) electrons. The van der Waals surface area contributed by atoms with Crippen LogP contribution in [0, 0.1) is 5.82 Å². The average molecular weight is 252 g/mol. The summed E-state index contributed by atoms with van der Waals surface area (Å²) >= 11 is 0. The second kappa shape index (κ2) is 4.47. The van der Waals surface area contributed by atoms with E-state index in [1.165, 1.54) is 6.07 Å². The van der Waals surface area contributed by atoms with Gasteiger partial charge >= 0.3 is 0 Å². The minimum Gasteiger partial charge on any atom is -0.305 e. The van der Waals surface area contributed by atoms with E-state index in [1.807, 2.05) is 0 Å². The molecule has 84 valence electrons. The summed E-state index contributed by atoms with van der Waals surface area (Å²) in [4.78, 5) is 1.66. The molecule has 0 N–H and O–H groups in total. The van der Waals surface area contributed by atoms with Crippen molar-refractivity contribution in [3.05, 3.63) is 29.6 Å². The first-order valence-electron chi connectivity index (χ1n) is 4.18. The average Bonchev–Trinajstić information content (AvgIpc) is 2.06. The van der Waals surface area contributed by atoms with Gasteiger partial charge in [0.1, 0.15) is 5.82 Å². The van der Waals surface area contributed by atoms with Crippen LogP contribution in [0.5, 0.6) is 0 Å². The normalized spacial score (nSPS) is 12.1. The van der Waals surface area contributed by atoms with Gasteiger partial charge in [0.15, 0.2) is 0 Å². The zero-order valence-electron chi connectivity index (χ0n) is 8.37. The van der Waals surface area contributed by atoms with Crippen molar-refractivity contribution in [3.63, 3.8) is 0 Å². The predicted molar refractivity (Wildman–Crippen MR) is 56.8 cm³/mol. The summed E-state index contributed by atoms with van der Waals surface area (Å²) in [6, 6.07) is 3.50. The molecule has 0 amide bonds. The quantitative estimate of drug-likeness (QED) is 0.769. The van der Waals surface area contributed by atoms with E-state index in [0.717, 1.165) is 12.1 Å². The molecule has 0 bridgehead atoms. The Morgan fingerprint density at radius 2 is 2.00 bits per heavy atom. The highest BCUT2D eigenvalue weighted by Crippen LogP contribution is 2.19. The summed E-state index contributed by atoms with van der Waals surface area (Å²) in [5.74, 6) is -0.437. The molecular weight excluding hydrogens is 241 g/mol. The summed E-state index contributed by atoms with van der Waals surface area (Å²) in [6.07, 6.45) is 0. The van der Waals surface area contributed by atoms with E-state index in [0.29, 0.717) is 12.1 Å². The van der Waals surface area contributed by atoms with Gasteiger partial charge in [-0.15, -0.1) is 0 Å². The van der Waals surface area contributed by atoms with Crippen LogP contribution in [0.3, 0.4) is 0 Å². The monoisotopic (exact) mass is 251 g/mol. The molecule has 0 heterocycles. The maximum absolute atomic E-state index is 13.3. The van der Waals surface area contributed by atoms with Crippen LogP contribution < -0.4 is 0 Å². The van der Waals surface area contributed by atoms with Gasteiger partial charge in [0.25, 0.3) is 9.05 Å². The highest BCUT2D eigenvalue weighted by atomic mass is 35.7. The van der Waals surface area contributed by atoms with Gasteiger partial charge in [-0.1, -0.05) is 0 Å². The second-order valence-electron chi connectivity index (χ2n) is 3.43. The van der Waals surface area contributed by atoms with E-state index < -0.39 is 14.9 Å². The molecule has 6 heteroatoms. The van der Waals surface area contributed by atoms with E-state index in [4.69, 9.17) is 10.7 Å². The Kier molecular flexibility index (Phi) is 3.70. The van der Waals surface area contributed by atoms with Crippen molar-refractivity contribution < 1.29 is 12.8 Å². The maximum atomic E-state index is 13.3. The highest BCUT2D eigenvalue weighted by Gasteiger charge is 2.13. The van der Waals surface area contributed by atoms with Gasteiger partial charge in [-0.2, -0.15) is 0 Å². The minimum absolute atomic E-state index is 0.0811. The van der Waals surface area contributed by atoms with Crippen LogP contribution in [0.4, 0.5) is 4.39 Å². The minimum atomic E-state index is -3.79. The molecule has 0 aromatic heterocycles. The molecule has 1 aromatic rings. The zero-order chi connectivity index (χ0) is 11.6. The lowest BCUT2D eigenvalue weighted by molar-refractivity contribution is 0.392. The smallest absolute Gasteiger partial charge is 0.261 e. The van der Waals surface area contributed by atoms with E-state index in [9.17, 15) is 12.8 Å². The molecule has 0 atom stereocenters. The van der Waals surface area contributed by atoms with E-state index in [1.54, 1.807) is 19.0 Å². The highest BCUT2D eigenvalue weighted by molar-refractivity contribution is 8.13. The van der Waals surface area contributed by atoms with Gasteiger partial charge in [0.2, 0.25) is 0 Å². The number of nitrogens with zero attached hydrogens (tertiary/aromatic N) is 1. The number of hydrogen-bond acceptors (Lipinski definition) is 3. The first kappa shape index (κ1) is 12.4. The first-order valence-corrected chi connectivity index (χ1v) is 6.49. The Bertz CT molecular complexity index is 459. The molecule has 3 nitrogen and oxygen atoms in total. The fraction of sp³-hybridized carbons (Fsp3) is 0.333. The molecule has 0 aliphatic rings. The Labute approximate surface area is 92.9 Å². The van der Waals surface area contributed by atoms with E-state index in [2.05, 4.69) is 0 Å². The lowest BCUT2D eigenvalue weighted by Crippen LogP contribution is -2.12. The van der Waals surface area contributed by atoms with Gasteiger partial charge in [-0.05, 0) is 32.3 Å². The Hall–Kier alpha value is -0.650. The molecule has 0 unspecified atom stereocenters. The summed E-state index contributed by atoms with van der Waals surface area (Å²) in [5.41, 5.74) is 0.307. The zero-order valence-corrected chi connectivity index (χ0v) is 9.94. The van der Waals surface area contributed by atoms with Crippen molar-refractivity contribution in [1.82, 2.24) is 4.90 Å². The number of hydrogen-bond donors (Lipinski definition) is 0. The predicted octanol–water partition coefficient (Wildman–Crippen LogP) is 1.81. The third kappa shape index (κ3) is 3.44. The van der Waals surface area contributed by atoms with Gasteiger partial charge in [-0.3, -0.25) is 0 Å². The molecule has 0 aliphatic heterocycles. The van der Waals surface area contributed by atoms with Crippen molar-refractivity contribution in [1.29, 1.82) is 0 Å². The van der Waals surface area contributed by atoms with Crippen molar-refractivity contribution >= 4 is 19.7 Å². The summed E-state index contributed by atoms with van der Waals surface area (Å²) in [7, 11) is 4.90. The van der Waals surface area contributed by atoms with E-state index in [-0.39, 0.29) is 4.90 Å². The number of rotatable bonds is 3. The summed E-state index contributed by atoms with van der Waals surface area (Å²) < 4.78 is 35.3. The Morgan fingerprint density at radius 1 is 1.40 bits per heavy atom. The van der Waals surface area contributed by atoms with Crippen molar-refractivity contribution in [2.24, 2.45) is 0 Å². The van der Waals surface area contributed by atoms with Gasteiger partial charge in [0, 0.05) is 22.8 Å². The first-order chi connectivity index (χ1) is 6.80. The lowest BCUT2D eigenvalue weighted by Gasteiger charge is -2.10. The molecule has 0 fully saturated rings. The fourth-order valence-corrected chi connectivity index (χ4v) is 1.97. The van der Waals surface area contributed by atoms with Gasteiger partial charge < -0.3 is 4.90 Å². The topological polar surface area (TPSA) is 37.4 Å². The molecule has 0 spiro atoms. The molecule has 15 heavy (non-hydrogen) atoms. The van der Waals surface area contributed by atoms with Crippen LogP contribution in [0.25, 0.3) is 0 Å². The number of halogens is 2. The molecular formula is C9H11ClFNO2S. The third-order valence-corrected chi connectivity index (χ3v) is 3.14. The molecule has 0 aliphatic carbocycles. The van der Waals surface area contributed by atoms with Crippen LogP contribution in [0.1, 0.15) is 5.56 Å². The maximum Gasteiger partial charge on any atom is 0.261 e. The van der Waals surface area contributed by atoms with Crippen LogP contribution >= 0.6 is 10.7 Å². The molecule has 0 saturated heterocycles. The van der Waals surface area contributed by atoms with Crippen LogP contribution in [0.2, 0.25) is 0 Å². The standard InChI is InChI=1S/C9H11ClFNO2S/c1-12(2)6-7-5-8(15(10,13)14)3-4-9(7)11/h3-5H,6H2,1-2H3. The Morgan fingerprint density at radius 3 is 2.47 bits per heavy atom. The van der Waals surface area contributed by atoms with Crippen LogP contribution in [-0.2, 0) is 15.6 Å². The molecule has 0 saturated carbocycles. The number of benzene rings is 1. The van der Waals surface area contributed by atoms with Gasteiger partial charge in [-0.25, -0.2) is 12.8 Å². The van der Waals surface area contributed by atoms with Crippen molar-refractivity contribution in [2.75, 3.05) is 14.1 Å². The Balaban J connectivity index is 3.17. The summed E-state index contributed by atoms with van der Waals surface area (Å²) in [6.45, 7) is 0.325. The lowest BCUT2D eigenvalue weighted by atomic mass is 10.2. The van der Waals surface area contributed by atoms with Crippen LogP contribution in [0.15, 0.2) is 23.1 Å². The fourth-order valence-electron chi connectivity index (χ4n) is 1.16. The molecule has 1 aromatic carbocycles. The summed E-state index contributed by atoms with van der Waals surface area (Å²) in [5, 5.41) is 0. The second-order valence-corrected chi connectivity index (χ2v) is 5.99. The third-order valence-electron chi connectivity index (χ3n) is 1.79.